The third kappa shape index (κ3) is 1.17. The van der Waals surface area contributed by atoms with Gasteiger partial charge in [-0.2, -0.15) is 0 Å². The van der Waals surface area contributed by atoms with E-state index < -0.39 is 0 Å². The lowest BCUT2D eigenvalue weighted by atomic mass is 9.81. The number of anilines is 1. The van der Waals surface area contributed by atoms with E-state index in [-0.39, 0.29) is 11.3 Å². The van der Waals surface area contributed by atoms with Gasteiger partial charge in [0, 0.05) is 0 Å². The third-order valence-electron chi connectivity index (χ3n) is 3.53. The van der Waals surface area contributed by atoms with Crippen LogP contribution in [-0.2, 0) is 10.2 Å². The van der Waals surface area contributed by atoms with Crippen molar-refractivity contribution in [3.05, 3.63) is 22.4 Å². The van der Waals surface area contributed by atoms with Gasteiger partial charge in [-0.15, -0.1) is 0 Å². The standard InChI is InChI=1S/C11H11BrN2O/c12-9-5-7-8(6-13-9)14-10(15)11(7)3-1-2-4-11/h5-6H,1-4H2,(H,14,15). The number of nitrogens with zero attached hydrogens (tertiary/aromatic N) is 1. The summed E-state index contributed by atoms with van der Waals surface area (Å²) in [6, 6.07) is 1.98. The van der Waals surface area contributed by atoms with Gasteiger partial charge in [-0.3, -0.25) is 4.79 Å². The van der Waals surface area contributed by atoms with Gasteiger partial charge in [0.1, 0.15) is 4.60 Å². The molecule has 1 aliphatic carbocycles. The van der Waals surface area contributed by atoms with Crippen LogP contribution in [0.25, 0.3) is 0 Å². The van der Waals surface area contributed by atoms with Crippen LogP contribution in [0.2, 0.25) is 0 Å². The number of fused-ring (bicyclic) bond motifs is 2. The molecule has 0 bridgehead atoms. The Morgan fingerprint density at radius 2 is 2.13 bits per heavy atom. The van der Waals surface area contributed by atoms with E-state index in [1.807, 2.05) is 6.07 Å². The van der Waals surface area contributed by atoms with Gasteiger partial charge in [-0.25, -0.2) is 4.98 Å². The van der Waals surface area contributed by atoms with Crippen LogP contribution in [0, 0.1) is 0 Å². The highest BCUT2D eigenvalue weighted by Gasteiger charge is 2.48. The lowest BCUT2D eigenvalue weighted by Crippen LogP contribution is -2.30. The highest BCUT2D eigenvalue weighted by Crippen LogP contribution is 2.48. The molecule has 0 atom stereocenters. The largest absolute Gasteiger partial charge is 0.324 e. The highest BCUT2D eigenvalue weighted by atomic mass is 79.9. The molecule has 4 heteroatoms. The Balaban J connectivity index is 2.19. The Morgan fingerprint density at radius 1 is 1.40 bits per heavy atom. The zero-order valence-electron chi connectivity index (χ0n) is 8.22. The van der Waals surface area contributed by atoms with Crippen molar-refractivity contribution in [1.29, 1.82) is 0 Å². The van der Waals surface area contributed by atoms with E-state index in [1.54, 1.807) is 6.20 Å². The van der Waals surface area contributed by atoms with E-state index in [9.17, 15) is 4.79 Å². The third-order valence-corrected chi connectivity index (χ3v) is 3.96. The van der Waals surface area contributed by atoms with Crippen LogP contribution < -0.4 is 5.32 Å². The number of amides is 1. The fourth-order valence-electron chi connectivity index (χ4n) is 2.76. The average molecular weight is 267 g/mol. The molecule has 0 aromatic carbocycles. The van der Waals surface area contributed by atoms with Gasteiger partial charge in [-0.05, 0) is 40.4 Å². The van der Waals surface area contributed by atoms with Gasteiger partial charge in [0.2, 0.25) is 5.91 Å². The first-order valence-electron chi connectivity index (χ1n) is 5.20. The molecule has 1 aromatic rings. The van der Waals surface area contributed by atoms with Crippen LogP contribution in [0.5, 0.6) is 0 Å². The molecular formula is C11H11BrN2O. The van der Waals surface area contributed by atoms with E-state index in [2.05, 4.69) is 26.2 Å². The minimum absolute atomic E-state index is 0.162. The summed E-state index contributed by atoms with van der Waals surface area (Å²) >= 11 is 3.37. The fourth-order valence-corrected chi connectivity index (χ4v) is 3.10. The van der Waals surface area contributed by atoms with Crippen LogP contribution in [-0.4, -0.2) is 10.9 Å². The first-order chi connectivity index (χ1) is 7.22. The average Bonchev–Trinajstić information content (AvgIpc) is 2.78. The predicted molar refractivity (Wildman–Crippen MR) is 60.7 cm³/mol. The minimum Gasteiger partial charge on any atom is -0.324 e. The number of hydrogen-bond acceptors (Lipinski definition) is 2. The van der Waals surface area contributed by atoms with Crippen molar-refractivity contribution in [2.75, 3.05) is 5.32 Å². The summed E-state index contributed by atoms with van der Waals surface area (Å²) in [6.45, 7) is 0. The topological polar surface area (TPSA) is 42.0 Å². The molecule has 1 fully saturated rings. The predicted octanol–water partition coefficient (Wildman–Crippen LogP) is 2.61. The second-order valence-corrected chi connectivity index (χ2v) is 5.11. The Morgan fingerprint density at radius 3 is 2.87 bits per heavy atom. The SMILES string of the molecule is O=C1Nc2cnc(Br)cc2C12CCCC2. The molecule has 0 saturated heterocycles. The molecule has 1 N–H and O–H groups in total. The highest BCUT2D eigenvalue weighted by molar-refractivity contribution is 9.10. The molecule has 1 aliphatic heterocycles. The number of hydrogen-bond donors (Lipinski definition) is 1. The summed E-state index contributed by atoms with van der Waals surface area (Å²) in [4.78, 5) is 16.2. The Kier molecular flexibility index (Phi) is 1.89. The number of halogens is 1. The summed E-state index contributed by atoms with van der Waals surface area (Å²) in [5, 5.41) is 2.94. The summed E-state index contributed by atoms with van der Waals surface area (Å²) in [7, 11) is 0. The van der Waals surface area contributed by atoms with E-state index >= 15 is 0 Å². The molecule has 0 radical (unpaired) electrons. The summed E-state index contributed by atoms with van der Waals surface area (Å²) in [5.74, 6) is 0.162. The molecule has 15 heavy (non-hydrogen) atoms. The first-order valence-corrected chi connectivity index (χ1v) is 5.99. The molecule has 1 saturated carbocycles. The minimum atomic E-state index is -0.249. The second kappa shape index (κ2) is 3.04. The maximum Gasteiger partial charge on any atom is 0.235 e. The molecule has 2 aliphatic rings. The Labute approximate surface area is 96.4 Å². The molecule has 2 heterocycles. The van der Waals surface area contributed by atoms with Crippen LogP contribution in [0.3, 0.4) is 0 Å². The maximum absolute atomic E-state index is 12.0. The zero-order chi connectivity index (χ0) is 10.5. The monoisotopic (exact) mass is 266 g/mol. The van der Waals surface area contributed by atoms with Gasteiger partial charge >= 0.3 is 0 Å². The van der Waals surface area contributed by atoms with E-state index in [4.69, 9.17) is 0 Å². The number of pyridine rings is 1. The Bertz CT molecular complexity index is 438. The maximum atomic E-state index is 12.0. The molecule has 3 nitrogen and oxygen atoms in total. The molecular weight excluding hydrogens is 256 g/mol. The van der Waals surface area contributed by atoms with Crippen LogP contribution in [0.15, 0.2) is 16.9 Å². The molecule has 1 amide bonds. The van der Waals surface area contributed by atoms with Crippen molar-refractivity contribution >= 4 is 27.5 Å². The number of carbonyl (C=O) groups is 1. The van der Waals surface area contributed by atoms with Gasteiger partial charge < -0.3 is 5.32 Å². The zero-order valence-corrected chi connectivity index (χ0v) is 9.80. The van der Waals surface area contributed by atoms with Crippen molar-refractivity contribution < 1.29 is 4.79 Å². The lowest BCUT2D eigenvalue weighted by molar-refractivity contribution is -0.120. The van der Waals surface area contributed by atoms with E-state index in [0.717, 1.165) is 41.5 Å². The van der Waals surface area contributed by atoms with Gasteiger partial charge in [0.05, 0.1) is 17.3 Å². The van der Waals surface area contributed by atoms with Gasteiger partial charge in [0.25, 0.3) is 0 Å². The van der Waals surface area contributed by atoms with Crippen LogP contribution in [0.4, 0.5) is 5.69 Å². The summed E-state index contributed by atoms with van der Waals surface area (Å²) < 4.78 is 0.809. The normalized spacial score (nSPS) is 21.8. The van der Waals surface area contributed by atoms with Gasteiger partial charge in [-0.1, -0.05) is 12.8 Å². The van der Waals surface area contributed by atoms with E-state index in [0.29, 0.717) is 0 Å². The molecule has 78 valence electrons. The fraction of sp³-hybridized carbons (Fsp3) is 0.455. The quantitative estimate of drug-likeness (QED) is 0.734. The van der Waals surface area contributed by atoms with Crippen LogP contribution >= 0.6 is 15.9 Å². The van der Waals surface area contributed by atoms with Crippen molar-refractivity contribution in [2.45, 2.75) is 31.1 Å². The molecule has 0 unspecified atom stereocenters. The van der Waals surface area contributed by atoms with E-state index in [1.165, 1.54) is 0 Å². The van der Waals surface area contributed by atoms with Gasteiger partial charge in [0.15, 0.2) is 0 Å². The van der Waals surface area contributed by atoms with Crippen LogP contribution in [0.1, 0.15) is 31.2 Å². The molecule has 3 rings (SSSR count). The first kappa shape index (κ1) is 9.33. The van der Waals surface area contributed by atoms with Crippen molar-refractivity contribution in [1.82, 2.24) is 4.98 Å². The van der Waals surface area contributed by atoms with Crippen molar-refractivity contribution in [3.63, 3.8) is 0 Å². The Hall–Kier alpha value is -0.900. The number of aromatic nitrogens is 1. The number of rotatable bonds is 0. The number of carbonyl (C=O) groups excluding carboxylic acids is 1. The number of nitrogens with one attached hydrogen (secondary N) is 1. The second-order valence-electron chi connectivity index (χ2n) is 4.30. The molecule has 1 spiro atoms. The lowest BCUT2D eigenvalue weighted by Gasteiger charge is -2.20. The smallest absolute Gasteiger partial charge is 0.235 e. The van der Waals surface area contributed by atoms with Crippen molar-refractivity contribution in [2.24, 2.45) is 0 Å². The van der Waals surface area contributed by atoms with Crippen molar-refractivity contribution in [3.8, 4) is 0 Å². The summed E-state index contributed by atoms with van der Waals surface area (Å²) in [5.41, 5.74) is 1.78. The molecule has 1 aromatic heterocycles. The summed E-state index contributed by atoms with van der Waals surface area (Å²) in [6.07, 6.45) is 5.98.